The van der Waals surface area contributed by atoms with E-state index in [4.69, 9.17) is 9.47 Å². The van der Waals surface area contributed by atoms with Crippen molar-refractivity contribution in [2.24, 2.45) is 0 Å². The maximum Gasteiger partial charge on any atom is 0.255 e. The van der Waals surface area contributed by atoms with E-state index in [1.807, 2.05) is 36.7 Å². The Hall–Kier alpha value is -2.56. The molecule has 0 unspecified atom stereocenters. The van der Waals surface area contributed by atoms with Crippen LogP contribution in [0, 0.1) is 0 Å². The number of benzene rings is 1. The highest BCUT2D eigenvalue weighted by atomic mass is 16.5. The van der Waals surface area contributed by atoms with Gasteiger partial charge >= 0.3 is 0 Å². The molecule has 206 valence electrons. The lowest BCUT2D eigenvalue weighted by atomic mass is 10.0. The highest BCUT2D eigenvalue weighted by Crippen LogP contribution is 2.25. The average Bonchev–Trinajstić information content (AvgIpc) is 2.94. The highest BCUT2D eigenvalue weighted by Gasteiger charge is 2.13. The fourth-order valence-electron chi connectivity index (χ4n) is 4.53. The average molecular weight is 512 g/mol. The van der Waals surface area contributed by atoms with Crippen molar-refractivity contribution in [3.63, 3.8) is 0 Å². The molecular weight excluding hydrogens is 460 g/mol. The number of carbonyl (C=O) groups excluding carboxylic acids is 1. The molecule has 37 heavy (non-hydrogen) atoms. The predicted molar refractivity (Wildman–Crippen MR) is 152 cm³/mol. The van der Waals surface area contributed by atoms with Crippen molar-refractivity contribution in [2.45, 2.75) is 117 Å². The lowest BCUT2D eigenvalue weighted by molar-refractivity contribution is -0.693. The second-order valence-corrected chi connectivity index (χ2v) is 10.0. The molecule has 0 spiro atoms. The maximum absolute atomic E-state index is 12.7. The number of rotatable bonds is 21. The van der Waals surface area contributed by atoms with Crippen LogP contribution in [0.4, 0.5) is 0 Å². The molecule has 0 aliphatic carbocycles. The zero-order valence-corrected chi connectivity index (χ0v) is 23.7. The summed E-state index contributed by atoms with van der Waals surface area (Å²) in [6, 6.07) is 9.49. The minimum Gasteiger partial charge on any atom is -0.496 e. The van der Waals surface area contributed by atoms with E-state index in [1.54, 1.807) is 13.2 Å². The van der Waals surface area contributed by atoms with Crippen LogP contribution in [0.15, 0.2) is 42.7 Å². The van der Waals surface area contributed by atoms with Crippen LogP contribution in [0.2, 0.25) is 0 Å². The molecule has 0 saturated heterocycles. The Labute approximate surface area is 226 Å². The summed E-state index contributed by atoms with van der Waals surface area (Å²) < 4.78 is 13.5. The van der Waals surface area contributed by atoms with Crippen LogP contribution in [0.5, 0.6) is 11.5 Å². The monoisotopic (exact) mass is 511 g/mol. The number of aryl methyl sites for hydroxylation is 1. The third-order valence-electron chi connectivity index (χ3n) is 6.96. The van der Waals surface area contributed by atoms with E-state index in [2.05, 4.69) is 23.7 Å². The molecule has 0 atom stereocenters. The topological polar surface area (TPSA) is 51.4 Å². The first-order chi connectivity index (χ1) is 18.2. The fourth-order valence-corrected chi connectivity index (χ4v) is 4.53. The van der Waals surface area contributed by atoms with Crippen LogP contribution in [-0.4, -0.2) is 19.6 Å². The van der Waals surface area contributed by atoms with Gasteiger partial charge in [-0.05, 0) is 31.0 Å². The molecule has 0 radical (unpaired) electrons. The molecular formula is C32H51N2O3+. The van der Waals surface area contributed by atoms with Crippen molar-refractivity contribution < 1.29 is 18.8 Å². The first kappa shape index (κ1) is 30.7. The lowest BCUT2D eigenvalue weighted by Gasteiger charge is -2.12. The molecule has 5 heteroatoms. The Kier molecular flexibility index (Phi) is 16.2. The summed E-state index contributed by atoms with van der Waals surface area (Å²) in [5, 5.41) is 2.98. The summed E-state index contributed by atoms with van der Waals surface area (Å²) in [5.74, 6) is 1.13. The standard InChI is InChI=1S/C32H50N2O3/c1-4-6-7-8-9-10-11-12-13-14-15-16-17-18-25-37-29-19-20-30(31(26-29)36-3)32(35)33-27-28-21-23-34(5-2)24-22-28/h19-24,26H,4-18,25,27H2,1-3H3/p+1. The number of unbranched alkanes of at least 4 members (excludes halogenated alkanes) is 13. The van der Waals surface area contributed by atoms with Crippen LogP contribution >= 0.6 is 0 Å². The van der Waals surface area contributed by atoms with Gasteiger partial charge in [0.1, 0.15) is 18.0 Å². The molecule has 1 heterocycles. The molecule has 0 saturated carbocycles. The predicted octanol–water partition coefficient (Wildman–Crippen LogP) is 7.79. The van der Waals surface area contributed by atoms with Gasteiger partial charge < -0.3 is 14.8 Å². The normalized spacial score (nSPS) is 10.9. The van der Waals surface area contributed by atoms with E-state index in [0.717, 1.165) is 24.3 Å². The third kappa shape index (κ3) is 13.0. The van der Waals surface area contributed by atoms with Crippen molar-refractivity contribution in [2.75, 3.05) is 13.7 Å². The second-order valence-electron chi connectivity index (χ2n) is 10.0. The highest BCUT2D eigenvalue weighted by molar-refractivity contribution is 5.97. The number of nitrogens with one attached hydrogen (secondary N) is 1. The van der Waals surface area contributed by atoms with E-state index >= 15 is 0 Å². The molecule has 1 amide bonds. The van der Waals surface area contributed by atoms with E-state index in [0.29, 0.717) is 24.5 Å². The zero-order valence-electron chi connectivity index (χ0n) is 23.7. The number of carbonyl (C=O) groups is 1. The zero-order chi connectivity index (χ0) is 26.6. The van der Waals surface area contributed by atoms with Gasteiger partial charge in [-0.15, -0.1) is 0 Å². The largest absolute Gasteiger partial charge is 0.496 e. The Morgan fingerprint density at radius 2 is 1.35 bits per heavy atom. The van der Waals surface area contributed by atoms with Crippen LogP contribution in [0.1, 0.15) is 120 Å². The van der Waals surface area contributed by atoms with Gasteiger partial charge in [-0.2, -0.15) is 0 Å². The van der Waals surface area contributed by atoms with Crippen molar-refractivity contribution in [3.05, 3.63) is 53.9 Å². The van der Waals surface area contributed by atoms with Gasteiger partial charge in [-0.1, -0.05) is 90.4 Å². The van der Waals surface area contributed by atoms with Crippen molar-refractivity contribution >= 4 is 5.91 Å². The Morgan fingerprint density at radius 3 is 1.89 bits per heavy atom. The Morgan fingerprint density at radius 1 is 0.784 bits per heavy atom. The van der Waals surface area contributed by atoms with Crippen molar-refractivity contribution in [1.82, 2.24) is 5.32 Å². The van der Waals surface area contributed by atoms with Gasteiger partial charge in [0.2, 0.25) is 0 Å². The molecule has 2 rings (SSSR count). The first-order valence-electron chi connectivity index (χ1n) is 14.7. The number of nitrogens with zero attached hydrogens (tertiary/aromatic N) is 1. The molecule has 2 aromatic rings. The van der Waals surface area contributed by atoms with Gasteiger partial charge in [0.15, 0.2) is 12.4 Å². The molecule has 0 aliphatic rings. The number of hydrogen-bond acceptors (Lipinski definition) is 3. The second kappa shape index (κ2) is 19.5. The van der Waals surface area contributed by atoms with Crippen LogP contribution in [0.3, 0.4) is 0 Å². The van der Waals surface area contributed by atoms with Crippen LogP contribution in [0.25, 0.3) is 0 Å². The minimum atomic E-state index is -0.150. The number of methoxy groups -OCH3 is 1. The number of aromatic nitrogens is 1. The summed E-state index contributed by atoms with van der Waals surface area (Å²) >= 11 is 0. The number of ether oxygens (including phenoxy) is 2. The van der Waals surface area contributed by atoms with Gasteiger partial charge in [-0.25, -0.2) is 4.57 Å². The van der Waals surface area contributed by atoms with E-state index < -0.39 is 0 Å². The van der Waals surface area contributed by atoms with E-state index in [1.165, 1.54) is 83.5 Å². The molecule has 1 aromatic carbocycles. The van der Waals surface area contributed by atoms with E-state index in [9.17, 15) is 4.79 Å². The smallest absolute Gasteiger partial charge is 0.255 e. The number of amides is 1. The third-order valence-corrected chi connectivity index (χ3v) is 6.96. The molecule has 1 aromatic heterocycles. The van der Waals surface area contributed by atoms with Gasteiger partial charge in [-0.3, -0.25) is 4.79 Å². The lowest BCUT2D eigenvalue weighted by Crippen LogP contribution is -2.31. The summed E-state index contributed by atoms with van der Waals surface area (Å²) in [7, 11) is 1.59. The van der Waals surface area contributed by atoms with Crippen molar-refractivity contribution in [1.29, 1.82) is 0 Å². The van der Waals surface area contributed by atoms with Crippen LogP contribution < -0.4 is 19.4 Å². The molecule has 0 fully saturated rings. The summed E-state index contributed by atoms with van der Waals surface area (Å²) in [5.41, 5.74) is 1.58. The summed E-state index contributed by atoms with van der Waals surface area (Å²) in [4.78, 5) is 12.7. The Bertz CT molecular complexity index is 867. The number of pyridine rings is 1. The molecule has 1 N–H and O–H groups in total. The fraction of sp³-hybridized carbons (Fsp3) is 0.625. The molecule has 0 aliphatic heterocycles. The maximum atomic E-state index is 12.7. The van der Waals surface area contributed by atoms with Crippen LogP contribution in [-0.2, 0) is 13.1 Å². The SMILES string of the molecule is CCCCCCCCCCCCCCCCOc1ccc(C(=O)NCc2cc[n+](CC)cc2)c(OC)c1. The van der Waals surface area contributed by atoms with Gasteiger partial charge in [0.25, 0.3) is 5.91 Å². The summed E-state index contributed by atoms with van der Waals surface area (Å²) in [6.45, 7) is 6.47. The van der Waals surface area contributed by atoms with Gasteiger partial charge in [0.05, 0.1) is 19.3 Å². The van der Waals surface area contributed by atoms with E-state index in [-0.39, 0.29) is 5.91 Å². The molecule has 5 nitrogen and oxygen atoms in total. The minimum absolute atomic E-state index is 0.150. The number of hydrogen-bond donors (Lipinski definition) is 1. The van der Waals surface area contributed by atoms with Crippen molar-refractivity contribution in [3.8, 4) is 11.5 Å². The quantitative estimate of drug-likeness (QED) is 0.137. The van der Waals surface area contributed by atoms with Gasteiger partial charge in [0, 0.05) is 24.7 Å². The Balaban J connectivity index is 1.56. The first-order valence-corrected chi connectivity index (χ1v) is 14.7. The molecule has 0 bridgehead atoms. The summed E-state index contributed by atoms with van der Waals surface area (Å²) in [6.07, 6.45) is 22.9.